The van der Waals surface area contributed by atoms with Crippen molar-refractivity contribution in [2.45, 2.75) is 84.2 Å². The first-order valence-electron chi connectivity index (χ1n) is 10.6. The lowest BCUT2D eigenvalue weighted by Crippen LogP contribution is -2.10. The minimum absolute atomic E-state index is 0.225. The van der Waals surface area contributed by atoms with Crippen molar-refractivity contribution in [1.29, 1.82) is 0 Å². The van der Waals surface area contributed by atoms with Crippen molar-refractivity contribution < 1.29 is 13.9 Å². The highest BCUT2D eigenvalue weighted by Crippen LogP contribution is 2.11. The molecular weight excluding hydrogens is 339 g/mol. The van der Waals surface area contributed by atoms with Crippen LogP contribution in [0.2, 0.25) is 0 Å². The quantitative estimate of drug-likeness (QED) is 0.256. The summed E-state index contributed by atoms with van der Waals surface area (Å²) in [5, 5.41) is 0. The van der Waals surface area contributed by atoms with Gasteiger partial charge in [0.2, 0.25) is 0 Å². The molecule has 2 nitrogen and oxygen atoms in total. The van der Waals surface area contributed by atoms with Crippen LogP contribution in [0.5, 0.6) is 0 Å². The predicted octanol–water partition coefficient (Wildman–Crippen LogP) is 6.52. The Morgan fingerprint density at radius 1 is 0.815 bits per heavy atom. The molecule has 0 spiro atoms. The molecule has 0 atom stereocenters. The van der Waals surface area contributed by atoms with Gasteiger partial charge in [-0.05, 0) is 38.8 Å². The monoisotopic (exact) mass is 376 g/mol. The molecule has 0 radical (unpaired) electrons. The van der Waals surface area contributed by atoms with Crippen LogP contribution in [0.1, 0.15) is 83.6 Å². The minimum atomic E-state index is -0.225. The molecule has 0 bridgehead atoms. The summed E-state index contributed by atoms with van der Waals surface area (Å²) in [6.45, 7) is 6.36. The zero-order chi connectivity index (χ0) is 19.6. The van der Waals surface area contributed by atoms with E-state index in [2.05, 4.69) is 11.8 Å². The van der Waals surface area contributed by atoms with Gasteiger partial charge in [0.05, 0.1) is 24.9 Å². The minimum Gasteiger partial charge on any atom is -0.379 e. The third-order valence-electron chi connectivity index (χ3n) is 4.37. The molecule has 3 heteroatoms. The number of halogens is 1. The third kappa shape index (κ3) is 14.4. The van der Waals surface area contributed by atoms with Crippen molar-refractivity contribution >= 4 is 0 Å². The zero-order valence-corrected chi connectivity index (χ0v) is 17.3. The summed E-state index contributed by atoms with van der Waals surface area (Å²) in [6, 6.07) is 6.71. The highest BCUT2D eigenvalue weighted by atomic mass is 19.1. The SMILES string of the molecule is CC(C)OCCOCCCCCCCCCCCC#Cc1ccccc1F. The van der Waals surface area contributed by atoms with Crippen molar-refractivity contribution in [3.8, 4) is 11.8 Å². The summed E-state index contributed by atoms with van der Waals surface area (Å²) < 4.78 is 24.4. The van der Waals surface area contributed by atoms with Crippen LogP contribution in [0.3, 0.4) is 0 Å². The Bertz CT molecular complexity index is 531. The largest absolute Gasteiger partial charge is 0.379 e. The summed E-state index contributed by atoms with van der Waals surface area (Å²) in [5.74, 6) is 5.78. The first kappa shape index (κ1) is 23.7. The van der Waals surface area contributed by atoms with Gasteiger partial charge in [-0.3, -0.25) is 0 Å². The fourth-order valence-corrected chi connectivity index (χ4v) is 2.82. The smallest absolute Gasteiger partial charge is 0.138 e. The average molecular weight is 377 g/mol. The maximum Gasteiger partial charge on any atom is 0.138 e. The van der Waals surface area contributed by atoms with E-state index < -0.39 is 0 Å². The lowest BCUT2D eigenvalue weighted by Gasteiger charge is -2.08. The Labute approximate surface area is 165 Å². The summed E-state index contributed by atoms with van der Waals surface area (Å²) in [6.07, 6.45) is 12.4. The molecule has 0 aliphatic rings. The van der Waals surface area contributed by atoms with E-state index in [9.17, 15) is 4.39 Å². The molecule has 0 heterocycles. The first-order valence-corrected chi connectivity index (χ1v) is 10.6. The highest BCUT2D eigenvalue weighted by molar-refractivity contribution is 5.34. The molecule has 152 valence electrons. The molecule has 27 heavy (non-hydrogen) atoms. The highest BCUT2D eigenvalue weighted by Gasteiger charge is 1.96. The van der Waals surface area contributed by atoms with Gasteiger partial charge in [-0.15, -0.1) is 0 Å². The van der Waals surface area contributed by atoms with Crippen molar-refractivity contribution in [2.75, 3.05) is 19.8 Å². The second-order valence-electron chi connectivity index (χ2n) is 7.25. The second-order valence-corrected chi connectivity index (χ2v) is 7.25. The van der Waals surface area contributed by atoms with Gasteiger partial charge < -0.3 is 9.47 Å². The molecule has 0 aliphatic heterocycles. The molecule has 1 aromatic carbocycles. The van der Waals surface area contributed by atoms with Crippen LogP contribution in [-0.4, -0.2) is 25.9 Å². The standard InChI is InChI=1S/C24H37FO2/c1-22(2)27-21-20-26-19-15-11-9-7-5-3-4-6-8-10-12-16-23-17-13-14-18-24(23)25/h13-14,17-18,22H,3-11,15,19-21H2,1-2H3. The van der Waals surface area contributed by atoms with E-state index in [4.69, 9.17) is 9.47 Å². The van der Waals surface area contributed by atoms with Gasteiger partial charge in [0.25, 0.3) is 0 Å². The molecule has 0 saturated heterocycles. The molecular formula is C24H37FO2. The Hall–Kier alpha value is -1.37. The summed E-state index contributed by atoms with van der Waals surface area (Å²) in [7, 11) is 0. The molecule has 0 aromatic heterocycles. The van der Waals surface area contributed by atoms with Gasteiger partial charge >= 0.3 is 0 Å². The lowest BCUT2D eigenvalue weighted by molar-refractivity contribution is 0.0186. The van der Waals surface area contributed by atoms with Crippen molar-refractivity contribution in [3.63, 3.8) is 0 Å². The molecule has 0 unspecified atom stereocenters. The fraction of sp³-hybridized carbons (Fsp3) is 0.667. The average Bonchev–Trinajstić information content (AvgIpc) is 2.65. The van der Waals surface area contributed by atoms with Gasteiger partial charge in [0, 0.05) is 13.0 Å². The van der Waals surface area contributed by atoms with Gasteiger partial charge in [0.1, 0.15) is 5.82 Å². The van der Waals surface area contributed by atoms with Crippen molar-refractivity contribution in [3.05, 3.63) is 35.6 Å². The maximum absolute atomic E-state index is 13.4. The van der Waals surface area contributed by atoms with E-state index >= 15 is 0 Å². The Morgan fingerprint density at radius 2 is 1.44 bits per heavy atom. The number of hydrogen-bond acceptors (Lipinski definition) is 2. The molecule has 0 N–H and O–H groups in total. The number of rotatable bonds is 15. The molecule has 0 saturated carbocycles. The first-order chi connectivity index (χ1) is 13.2. The van der Waals surface area contributed by atoms with E-state index in [-0.39, 0.29) is 5.82 Å². The van der Waals surface area contributed by atoms with E-state index in [1.165, 1.54) is 51.0 Å². The number of ether oxygens (including phenoxy) is 2. The maximum atomic E-state index is 13.4. The van der Waals surface area contributed by atoms with Crippen LogP contribution in [0, 0.1) is 17.7 Å². The van der Waals surface area contributed by atoms with Crippen LogP contribution in [0.15, 0.2) is 24.3 Å². The fourth-order valence-electron chi connectivity index (χ4n) is 2.82. The Balaban J connectivity index is 1.80. The summed E-state index contributed by atoms with van der Waals surface area (Å²) in [4.78, 5) is 0. The van der Waals surface area contributed by atoms with E-state index in [0.717, 1.165) is 25.9 Å². The van der Waals surface area contributed by atoms with Crippen LogP contribution < -0.4 is 0 Å². The molecule has 1 rings (SSSR count). The Morgan fingerprint density at radius 3 is 2.11 bits per heavy atom. The normalized spacial score (nSPS) is 10.8. The summed E-state index contributed by atoms with van der Waals surface area (Å²) >= 11 is 0. The summed E-state index contributed by atoms with van der Waals surface area (Å²) in [5.41, 5.74) is 0.506. The van der Waals surface area contributed by atoms with Crippen LogP contribution in [-0.2, 0) is 9.47 Å². The van der Waals surface area contributed by atoms with Gasteiger partial charge in [0.15, 0.2) is 0 Å². The topological polar surface area (TPSA) is 18.5 Å². The van der Waals surface area contributed by atoms with Gasteiger partial charge in [-0.25, -0.2) is 4.39 Å². The molecule has 0 fully saturated rings. The predicted molar refractivity (Wildman–Crippen MR) is 111 cm³/mol. The molecule has 1 aromatic rings. The van der Waals surface area contributed by atoms with E-state index in [0.29, 0.717) is 24.9 Å². The van der Waals surface area contributed by atoms with Gasteiger partial charge in [-0.1, -0.05) is 68.9 Å². The van der Waals surface area contributed by atoms with Crippen LogP contribution in [0.25, 0.3) is 0 Å². The Kier molecular flexibility index (Phi) is 14.7. The lowest BCUT2D eigenvalue weighted by atomic mass is 10.1. The zero-order valence-electron chi connectivity index (χ0n) is 17.3. The van der Waals surface area contributed by atoms with E-state index in [1.807, 2.05) is 19.9 Å². The van der Waals surface area contributed by atoms with Gasteiger partial charge in [-0.2, -0.15) is 0 Å². The van der Waals surface area contributed by atoms with Crippen LogP contribution >= 0.6 is 0 Å². The number of unbranched alkanes of at least 4 members (excludes halogenated alkanes) is 9. The van der Waals surface area contributed by atoms with Crippen molar-refractivity contribution in [1.82, 2.24) is 0 Å². The van der Waals surface area contributed by atoms with Crippen molar-refractivity contribution in [2.24, 2.45) is 0 Å². The third-order valence-corrected chi connectivity index (χ3v) is 4.37. The number of benzene rings is 1. The molecule has 0 amide bonds. The number of hydrogen-bond donors (Lipinski definition) is 0. The molecule has 0 aliphatic carbocycles. The van der Waals surface area contributed by atoms with E-state index in [1.54, 1.807) is 12.1 Å². The van der Waals surface area contributed by atoms with Crippen LogP contribution in [0.4, 0.5) is 4.39 Å². The second kappa shape index (κ2) is 16.8.